The Morgan fingerprint density at radius 3 is 2.89 bits per heavy atom. The van der Waals surface area contributed by atoms with E-state index in [1.54, 1.807) is 0 Å². The molecule has 1 aliphatic heterocycles. The van der Waals surface area contributed by atoms with Crippen LogP contribution < -0.4 is 15.4 Å². The number of hydrogen-bond acceptors (Lipinski definition) is 4. The third-order valence-electron chi connectivity index (χ3n) is 3.44. The lowest BCUT2D eigenvalue weighted by atomic mass is 10.1. The van der Waals surface area contributed by atoms with Gasteiger partial charge in [-0.25, -0.2) is 0 Å². The number of anilines is 2. The lowest BCUT2D eigenvalue weighted by Crippen LogP contribution is -2.44. The van der Waals surface area contributed by atoms with Crippen molar-refractivity contribution in [3.63, 3.8) is 0 Å². The Bertz CT molecular complexity index is 411. The van der Waals surface area contributed by atoms with E-state index < -0.39 is 0 Å². The maximum atomic E-state index is 5.96. The summed E-state index contributed by atoms with van der Waals surface area (Å²) in [5, 5.41) is 0.649. The molecule has 0 amide bonds. The minimum absolute atomic E-state index is 0.528. The number of hydrogen-bond donors (Lipinski definition) is 1. The molecule has 0 aliphatic carbocycles. The van der Waals surface area contributed by atoms with Gasteiger partial charge in [0, 0.05) is 47.1 Å². The molecular formula is C14H22N2OS. The van der Waals surface area contributed by atoms with Gasteiger partial charge in [0.1, 0.15) is 5.75 Å². The molecule has 0 bridgehead atoms. The van der Waals surface area contributed by atoms with Crippen LogP contribution in [0, 0.1) is 0 Å². The predicted molar refractivity (Wildman–Crippen MR) is 80.8 cm³/mol. The van der Waals surface area contributed by atoms with E-state index in [0.717, 1.165) is 18.0 Å². The first-order valence-corrected chi connectivity index (χ1v) is 7.58. The minimum atomic E-state index is 0.528. The zero-order valence-corrected chi connectivity index (χ0v) is 12.2. The molecule has 2 atom stereocenters. The van der Waals surface area contributed by atoms with Crippen molar-refractivity contribution in [3.8, 4) is 5.75 Å². The van der Waals surface area contributed by atoms with Crippen LogP contribution in [-0.4, -0.2) is 30.2 Å². The summed E-state index contributed by atoms with van der Waals surface area (Å²) < 4.78 is 5.57. The highest BCUT2D eigenvalue weighted by atomic mass is 32.2. The first-order chi connectivity index (χ1) is 8.61. The maximum Gasteiger partial charge on any atom is 0.123 e. The first-order valence-electron chi connectivity index (χ1n) is 6.53. The number of ether oxygens (including phenoxy) is 1. The third-order valence-corrected chi connectivity index (χ3v) is 4.78. The number of thioether (sulfide) groups is 1. The fourth-order valence-electron chi connectivity index (χ4n) is 2.32. The van der Waals surface area contributed by atoms with Crippen molar-refractivity contribution in [3.05, 3.63) is 18.2 Å². The molecule has 2 unspecified atom stereocenters. The number of rotatable bonds is 3. The Morgan fingerprint density at radius 1 is 1.39 bits per heavy atom. The Morgan fingerprint density at radius 2 is 2.17 bits per heavy atom. The summed E-state index contributed by atoms with van der Waals surface area (Å²) in [4.78, 5) is 2.43. The maximum absolute atomic E-state index is 5.96. The van der Waals surface area contributed by atoms with Gasteiger partial charge >= 0.3 is 0 Å². The predicted octanol–water partition coefficient (Wildman–Crippen LogP) is 3.00. The SMILES string of the molecule is CCOc1cc(N)cc(N2CCSC(C)C2C)c1. The van der Waals surface area contributed by atoms with Gasteiger partial charge in [0.25, 0.3) is 0 Å². The summed E-state index contributed by atoms with van der Waals surface area (Å²) in [7, 11) is 0. The van der Waals surface area contributed by atoms with E-state index >= 15 is 0 Å². The molecule has 0 aromatic heterocycles. The molecule has 1 aromatic carbocycles. The molecule has 1 aromatic rings. The fraction of sp³-hybridized carbons (Fsp3) is 0.571. The molecule has 3 nitrogen and oxygen atoms in total. The standard InChI is InChI=1S/C14H22N2OS/c1-4-17-14-8-12(15)7-13(9-14)16-5-6-18-11(3)10(16)2/h7-11H,4-6,15H2,1-3H3. The van der Waals surface area contributed by atoms with E-state index in [1.807, 2.05) is 30.8 Å². The van der Waals surface area contributed by atoms with E-state index in [2.05, 4.69) is 24.8 Å². The van der Waals surface area contributed by atoms with Gasteiger partial charge in [-0.3, -0.25) is 0 Å². The zero-order valence-electron chi connectivity index (χ0n) is 11.3. The quantitative estimate of drug-likeness (QED) is 0.854. The molecule has 100 valence electrons. The summed E-state index contributed by atoms with van der Waals surface area (Å²) in [6, 6.07) is 6.56. The Labute approximate surface area is 114 Å². The molecule has 0 saturated carbocycles. The lowest BCUT2D eigenvalue weighted by Gasteiger charge is -2.39. The van der Waals surface area contributed by atoms with Crippen LogP contribution >= 0.6 is 11.8 Å². The van der Waals surface area contributed by atoms with Gasteiger partial charge in [0.05, 0.1) is 6.61 Å². The van der Waals surface area contributed by atoms with E-state index in [9.17, 15) is 0 Å². The lowest BCUT2D eigenvalue weighted by molar-refractivity contribution is 0.340. The Kier molecular flexibility index (Phi) is 4.27. The molecule has 4 heteroatoms. The van der Waals surface area contributed by atoms with Gasteiger partial charge in [-0.05, 0) is 19.9 Å². The van der Waals surface area contributed by atoms with E-state index in [4.69, 9.17) is 10.5 Å². The molecule has 0 radical (unpaired) electrons. The van der Waals surface area contributed by atoms with Crippen LogP contribution in [0.25, 0.3) is 0 Å². The van der Waals surface area contributed by atoms with Crippen molar-refractivity contribution >= 4 is 23.1 Å². The highest BCUT2D eigenvalue weighted by Gasteiger charge is 2.25. The molecule has 2 rings (SSSR count). The second-order valence-corrected chi connectivity index (χ2v) is 6.19. The van der Waals surface area contributed by atoms with Crippen LogP contribution in [0.5, 0.6) is 5.75 Å². The van der Waals surface area contributed by atoms with Crippen LogP contribution in [0.15, 0.2) is 18.2 Å². The van der Waals surface area contributed by atoms with Crippen LogP contribution in [0.2, 0.25) is 0 Å². The van der Waals surface area contributed by atoms with Crippen LogP contribution in [0.1, 0.15) is 20.8 Å². The number of nitrogens with two attached hydrogens (primary N) is 1. The first kappa shape index (κ1) is 13.4. The normalized spacial score (nSPS) is 24.1. The van der Waals surface area contributed by atoms with Gasteiger partial charge < -0.3 is 15.4 Å². The second kappa shape index (κ2) is 5.74. The highest BCUT2D eigenvalue weighted by molar-refractivity contribution is 8.00. The number of nitrogen functional groups attached to an aromatic ring is 1. The average molecular weight is 266 g/mol. The van der Waals surface area contributed by atoms with Crippen LogP contribution in [0.3, 0.4) is 0 Å². The molecule has 1 heterocycles. The molecule has 2 N–H and O–H groups in total. The number of benzene rings is 1. The van der Waals surface area contributed by atoms with E-state index in [0.29, 0.717) is 17.9 Å². The molecule has 1 saturated heterocycles. The van der Waals surface area contributed by atoms with Gasteiger partial charge in [-0.1, -0.05) is 6.92 Å². The van der Waals surface area contributed by atoms with Crippen molar-refractivity contribution in [2.24, 2.45) is 0 Å². The van der Waals surface area contributed by atoms with Gasteiger partial charge in [0.2, 0.25) is 0 Å². The summed E-state index contributed by atoms with van der Waals surface area (Å²) in [5.41, 5.74) is 7.92. The summed E-state index contributed by atoms with van der Waals surface area (Å²) >= 11 is 2.04. The van der Waals surface area contributed by atoms with Gasteiger partial charge in [-0.15, -0.1) is 0 Å². The largest absolute Gasteiger partial charge is 0.494 e. The van der Waals surface area contributed by atoms with Crippen molar-refractivity contribution in [2.75, 3.05) is 29.5 Å². The Balaban J connectivity index is 2.26. The highest BCUT2D eigenvalue weighted by Crippen LogP contribution is 2.32. The monoisotopic (exact) mass is 266 g/mol. The smallest absolute Gasteiger partial charge is 0.123 e. The molecular weight excluding hydrogens is 244 g/mol. The topological polar surface area (TPSA) is 38.5 Å². The van der Waals surface area contributed by atoms with E-state index in [1.165, 1.54) is 11.4 Å². The van der Waals surface area contributed by atoms with Crippen molar-refractivity contribution in [2.45, 2.75) is 32.1 Å². The average Bonchev–Trinajstić information content (AvgIpc) is 2.32. The Hall–Kier alpha value is -1.03. The van der Waals surface area contributed by atoms with E-state index in [-0.39, 0.29) is 0 Å². The third kappa shape index (κ3) is 2.86. The van der Waals surface area contributed by atoms with Crippen LogP contribution in [-0.2, 0) is 0 Å². The summed E-state index contributed by atoms with van der Waals surface area (Å²) in [5.74, 6) is 2.04. The minimum Gasteiger partial charge on any atom is -0.494 e. The molecule has 18 heavy (non-hydrogen) atoms. The zero-order chi connectivity index (χ0) is 13.1. The van der Waals surface area contributed by atoms with Crippen molar-refractivity contribution in [1.82, 2.24) is 0 Å². The van der Waals surface area contributed by atoms with Crippen LogP contribution in [0.4, 0.5) is 11.4 Å². The number of nitrogens with zero attached hydrogens (tertiary/aromatic N) is 1. The molecule has 1 fully saturated rings. The second-order valence-electron chi connectivity index (χ2n) is 4.70. The molecule has 0 spiro atoms. The van der Waals surface area contributed by atoms with Crippen molar-refractivity contribution < 1.29 is 4.74 Å². The molecule has 1 aliphatic rings. The summed E-state index contributed by atoms with van der Waals surface area (Å²) in [6.45, 7) is 8.30. The van der Waals surface area contributed by atoms with Gasteiger partial charge in [0.15, 0.2) is 0 Å². The fourth-order valence-corrected chi connectivity index (χ4v) is 3.42. The summed E-state index contributed by atoms with van der Waals surface area (Å²) in [6.07, 6.45) is 0. The van der Waals surface area contributed by atoms with Crippen molar-refractivity contribution in [1.29, 1.82) is 0 Å². The van der Waals surface area contributed by atoms with Gasteiger partial charge in [-0.2, -0.15) is 11.8 Å².